The van der Waals surface area contributed by atoms with Crippen LogP contribution in [0.5, 0.6) is 11.5 Å². The first kappa shape index (κ1) is 16.9. The minimum Gasteiger partial charge on any atom is -0.495 e. The minimum atomic E-state index is -4.77. The Balaban J connectivity index is 2.46. The van der Waals surface area contributed by atoms with Gasteiger partial charge in [0.15, 0.2) is 5.75 Å². The molecule has 10 nitrogen and oxygen atoms in total. The van der Waals surface area contributed by atoms with E-state index in [9.17, 15) is 29.8 Å². The van der Waals surface area contributed by atoms with Gasteiger partial charge in [0.1, 0.15) is 15.5 Å². The molecule has 0 amide bonds. The molecule has 0 saturated carbocycles. The number of benzene rings is 2. The van der Waals surface area contributed by atoms with Crippen LogP contribution in [-0.2, 0) is 34.3 Å². The smallest absolute Gasteiger partial charge is 0.464 e. The monoisotopic (exact) mass is 396 g/mol. The maximum atomic E-state index is 12.1. The van der Waals surface area contributed by atoms with Crippen LogP contribution >= 0.6 is 0 Å². The van der Waals surface area contributed by atoms with Crippen molar-refractivity contribution >= 4 is 41.4 Å². The summed E-state index contributed by atoms with van der Waals surface area (Å²) >= 11 is 0. The van der Waals surface area contributed by atoms with E-state index in [1.807, 2.05) is 0 Å². The van der Waals surface area contributed by atoms with E-state index >= 15 is 0 Å². The lowest BCUT2D eigenvalue weighted by Gasteiger charge is -2.18. The van der Waals surface area contributed by atoms with E-state index in [4.69, 9.17) is 4.74 Å². The Labute approximate surface area is 136 Å². The summed E-state index contributed by atoms with van der Waals surface area (Å²) in [7, 11) is -13.0. The average Bonchev–Trinajstić information content (AvgIpc) is 2.41. The fraction of sp³-hybridized carbons (Fsp3) is 0.0909. The lowest BCUT2D eigenvalue weighted by molar-refractivity contribution is 0.370. The van der Waals surface area contributed by atoms with Gasteiger partial charge in [0.25, 0.3) is 10.1 Å². The molecule has 24 heavy (non-hydrogen) atoms. The molecule has 3 rings (SSSR count). The largest absolute Gasteiger partial charge is 0.495 e. The van der Waals surface area contributed by atoms with Crippen molar-refractivity contribution in [2.45, 2.75) is 9.79 Å². The van der Waals surface area contributed by atoms with Gasteiger partial charge in [-0.1, -0.05) is 6.07 Å². The standard InChI is InChI=1S/C11H8O10S3/c1-19-9-5-7-6(4-10(9)22(12,13)14)2-3-8-11(7)23(15,16)21-24(17,18)20-8/h2-5H,1H3,(H,12,13,14). The summed E-state index contributed by atoms with van der Waals surface area (Å²) in [6, 6.07) is 4.23. The average molecular weight is 396 g/mol. The van der Waals surface area contributed by atoms with Crippen molar-refractivity contribution in [3.05, 3.63) is 24.3 Å². The Morgan fingerprint density at radius 1 is 1.12 bits per heavy atom. The fourth-order valence-electron chi connectivity index (χ4n) is 2.24. The van der Waals surface area contributed by atoms with Gasteiger partial charge >= 0.3 is 20.5 Å². The maximum Gasteiger partial charge on any atom is 0.464 e. The van der Waals surface area contributed by atoms with Gasteiger partial charge in [-0.05, 0) is 23.6 Å². The molecule has 13 heteroatoms. The predicted octanol–water partition coefficient (Wildman–Crippen LogP) is 0.438. The SMILES string of the molecule is COc1cc2c3c(ccc2cc1S(=O)(=O)O)OS(=O)(=O)OS3(=O)=O. The quantitative estimate of drug-likeness (QED) is 0.708. The van der Waals surface area contributed by atoms with Crippen LogP contribution in [0, 0.1) is 0 Å². The lowest BCUT2D eigenvalue weighted by atomic mass is 10.1. The van der Waals surface area contributed by atoms with Crippen molar-refractivity contribution in [3.63, 3.8) is 0 Å². The number of hydrogen-bond acceptors (Lipinski definition) is 9. The van der Waals surface area contributed by atoms with E-state index < -0.39 is 46.2 Å². The zero-order valence-electron chi connectivity index (χ0n) is 11.7. The summed E-state index contributed by atoms with van der Waals surface area (Å²) in [5.41, 5.74) is 0. The molecule has 0 atom stereocenters. The third-order valence-electron chi connectivity index (χ3n) is 3.11. The van der Waals surface area contributed by atoms with E-state index in [0.29, 0.717) is 0 Å². The molecule has 0 radical (unpaired) electrons. The highest BCUT2D eigenvalue weighted by Crippen LogP contribution is 2.41. The second-order valence-electron chi connectivity index (χ2n) is 4.61. The number of hydrogen-bond donors (Lipinski definition) is 1. The van der Waals surface area contributed by atoms with Crippen LogP contribution in [0.15, 0.2) is 34.1 Å². The van der Waals surface area contributed by atoms with Crippen molar-refractivity contribution in [2.24, 2.45) is 0 Å². The summed E-state index contributed by atoms with van der Waals surface area (Å²) in [6.07, 6.45) is 0. The molecule has 0 bridgehead atoms. The topological polar surface area (TPSA) is 150 Å². The molecule has 0 aliphatic carbocycles. The number of rotatable bonds is 2. The Bertz CT molecular complexity index is 1180. The van der Waals surface area contributed by atoms with Gasteiger partial charge < -0.3 is 8.92 Å². The van der Waals surface area contributed by atoms with Gasteiger partial charge in [-0.3, -0.25) is 4.55 Å². The molecule has 0 saturated heterocycles. The van der Waals surface area contributed by atoms with Crippen LogP contribution in [-0.4, -0.2) is 36.9 Å². The summed E-state index contributed by atoms with van der Waals surface area (Å²) in [5, 5.41) is -0.0381. The van der Waals surface area contributed by atoms with E-state index in [1.54, 1.807) is 0 Å². The molecule has 0 spiro atoms. The summed E-state index contributed by atoms with van der Waals surface area (Å²) < 4.78 is 92.1. The second-order valence-corrected chi connectivity index (χ2v) is 8.84. The third-order valence-corrected chi connectivity index (χ3v) is 6.67. The fourth-order valence-corrected chi connectivity index (χ4v) is 5.38. The van der Waals surface area contributed by atoms with Crippen molar-refractivity contribution in [1.82, 2.24) is 0 Å². The predicted molar refractivity (Wildman–Crippen MR) is 78.1 cm³/mol. The van der Waals surface area contributed by atoms with Crippen LogP contribution in [0.3, 0.4) is 0 Å². The van der Waals surface area contributed by atoms with Crippen LogP contribution in [0.1, 0.15) is 0 Å². The van der Waals surface area contributed by atoms with E-state index in [0.717, 1.165) is 25.3 Å². The van der Waals surface area contributed by atoms with E-state index in [2.05, 4.69) is 7.81 Å². The molecule has 1 aliphatic heterocycles. The molecule has 0 unspecified atom stereocenters. The number of methoxy groups -OCH3 is 1. The molecular weight excluding hydrogens is 388 g/mol. The first-order valence-corrected chi connectivity index (χ1v) is 10.2. The number of fused-ring (bicyclic) bond motifs is 3. The molecule has 2 aromatic rings. The highest BCUT2D eigenvalue weighted by Gasteiger charge is 2.38. The second kappa shape index (κ2) is 5.03. The first-order chi connectivity index (χ1) is 10.9. The Morgan fingerprint density at radius 3 is 2.38 bits per heavy atom. The summed E-state index contributed by atoms with van der Waals surface area (Å²) in [6.45, 7) is 0. The minimum absolute atomic E-state index is 0.0669. The summed E-state index contributed by atoms with van der Waals surface area (Å²) in [4.78, 5) is -1.19. The van der Waals surface area contributed by atoms with E-state index in [-0.39, 0.29) is 16.5 Å². The molecule has 0 fully saturated rings. The first-order valence-electron chi connectivity index (χ1n) is 5.97. The van der Waals surface area contributed by atoms with Gasteiger partial charge in [0.05, 0.1) is 7.11 Å². The maximum absolute atomic E-state index is 12.1. The molecule has 1 N–H and O–H groups in total. The molecule has 0 aromatic heterocycles. The van der Waals surface area contributed by atoms with Crippen molar-refractivity contribution in [3.8, 4) is 11.5 Å². The third kappa shape index (κ3) is 2.69. The molecule has 1 heterocycles. The van der Waals surface area contributed by atoms with Crippen molar-refractivity contribution < 1.29 is 42.4 Å². The Morgan fingerprint density at radius 2 is 1.79 bits per heavy atom. The van der Waals surface area contributed by atoms with Gasteiger partial charge in [0, 0.05) is 5.39 Å². The van der Waals surface area contributed by atoms with Crippen molar-refractivity contribution in [1.29, 1.82) is 0 Å². The van der Waals surface area contributed by atoms with Gasteiger partial charge in [0.2, 0.25) is 0 Å². The highest BCUT2D eigenvalue weighted by atomic mass is 32.3. The number of ether oxygens (including phenoxy) is 1. The zero-order valence-corrected chi connectivity index (χ0v) is 14.1. The summed E-state index contributed by atoms with van der Waals surface area (Å²) in [5.74, 6) is -0.850. The molecule has 2 aromatic carbocycles. The zero-order chi connectivity index (χ0) is 17.9. The lowest BCUT2D eigenvalue weighted by Crippen LogP contribution is -2.25. The Hall–Kier alpha value is -1.93. The van der Waals surface area contributed by atoms with Crippen LogP contribution in [0.25, 0.3) is 10.8 Å². The van der Waals surface area contributed by atoms with Gasteiger partial charge in [-0.15, -0.1) is 3.63 Å². The highest BCUT2D eigenvalue weighted by molar-refractivity contribution is 7.98. The molecular formula is C11H8O10S3. The van der Waals surface area contributed by atoms with Crippen molar-refractivity contribution in [2.75, 3.05) is 7.11 Å². The van der Waals surface area contributed by atoms with E-state index in [1.165, 1.54) is 6.07 Å². The van der Waals surface area contributed by atoms with Crippen LogP contribution in [0.2, 0.25) is 0 Å². The normalized spacial score (nSPS) is 18.6. The van der Waals surface area contributed by atoms with Crippen LogP contribution in [0.4, 0.5) is 0 Å². The van der Waals surface area contributed by atoms with Gasteiger partial charge in [-0.2, -0.15) is 25.3 Å². The Kier molecular flexibility index (Phi) is 3.55. The van der Waals surface area contributed by atoms with Gasteiger partial charge in [-0.25, -0.2) is 0 Å². The van der Waals surface area contributed by atoms with Crippen LogP contribution < -0.4 is 8.92 Å². The molecule has 130 valence electrons. The molecule has 1 aliphatic rings.